The average molecular weight is 488 g/mol. The summed E-state index contributed by atoms with van der Waals surface area (Å²) in [6, 6.07) is 8.25. The van der Waals surface area contributed by atoms with E-state index in [0.29, 0.717) is 26.2 Å². The zero-order valence-electron chi connectivity index (χ0n) is 19.3. The number of anilines is 1. The Kier molecular flexibility index (Phi) is 12.9. The summed E-state index contributed by atoms with van der Waals surface area (Å²) in [4.78, 5) is 29.4. The minimum Gasteiger partial charge on any atom is -0.388 e. The highest BCUT2D eigenvalue weighted by atomic mass is 33.1. The van der Waals surface area contributed by atoms with Crippen molar-refractivity contribution in [3.63, 3.8) is 0 Å². The molecule has 0 bridgehead atoms. The Morgan fingerprint density at radius 2 is 1.76 bits per heavy atom. The lowest BCUT2D eigenvalue weighted by molar-refractivity contribution is -0.121. The number of carbonyl (C=O) groups is 2. The second kappa shape index (κ2) is 16.0. The Balaban J connectivity index is 1.53. The molecule has 0 spiro atoms. The topological polar surface area (TPSA) is 85.8 Å². The van der Waals surface area contributed by atoms with E-state index in [4.69, 9.17) is 0 Å². The van der Waals surface area contributed by atoms with Gasteiger partial charge in [0.2, 0.25) is 11.8 Å². The number of nitrogens with zero attached hydrogens (tertiary/aromatic N) is 2. The Bertz CT molecular complexity index is 866. The number of allylic oxidation sites excluding steroid dienone is 3. The zero-order valence-corrected chi connectivity index (χ0v) is 20.9. The second-order valence-corrected chi connectivity index (χ2v) is 9.80. The van der Waals surface area contributed by atoms with Gasteiger partial charge in [0.25, 0.3) is 0 Å². The van der Waals surface area contributed by atoms with Crippen LogP contribution in [0.25, 0.3) is 6.08 Å². The quantitative estimate of drug-likeness (QED) is 0.212. The first-order chi connectivity index (χ1) is 16.1. The lowest BCUT2D eigenvalue weighted by Gasteiger charge is -2.21. The van der Waals surface area contributed by atoms with Crippen LogP contribution in [0.3, 0.4) is 0 Å². The fourth-order valence-corrected chi connectivity index (χ4v) is 4.60. The summed E-state index contributed by atoms with van der Waals surface area (Å²) in [6.45, 7) is 4.28. The fraction of sp³-hybridized carbons (Fsp3) is 0.375. The number of nitrogens with one attached hydrogen (secondary N) is 3. The predicted octanol–water partition coefficient (Wildman–Crippen LogP) is 3.20. The van der Waals surface area contributed by atoms with Crippen LogP contribution in [0.4, 0.5) is 5.69 Å². The van der Waals surface area contributed by atoms with Gasteiger partial charge >= 0.3 is 0 Å². The Hall–Kier alpha value is -2.65. The Morgan fingerprint density at radius 1 is 1.06 bits per heavy atom. The number of carbonyl (C=O) groups excluding carboxylic acids is 2. The SMILES string of the molecule is CC=NCC(=O)NCCSSCCNC(=O)CN1C=CC(/C=C/c2ccc(NC)cc2)=CC1. The van der Waals surface area contributed by atoms with E-state index < -0.39 is 0 Å². The predicted molar refractivity (Wildman–Crippen MR) is 144 cm³/mol. The molecule has 1 heterocycles. The maximum Gasteiger partial charge on any atom is 0.241 e. The molecule has 2 rings (SSSR count). The van der Waals surface area contributed by atoms with Crippen molar-refractivity contribution in [3.05, 3.63) is 59.8 Å². The van der Waals surface area contributed by atoms with Gasteiger partial charge in [-0.2, -0.15) is 0 Å². The number of rotatable bonds is 14. The summed E-state index contributed by atoms with van der Waals surface area (Å²) in [5.41, 5.74) is 3.37. The zero-order chi connectivity index (χ0) is 23.7. The molecule has 0 fully saturated rings. The highest BCUT2D eigenvalue weighted by Gasteiger charge is 2.08. The van der Waals surface area contributed by atoms with Gasteiger partial charge in [-0.25, -0.2) is 0 Å². The first-order valence-electron chi connectivity index (χ1n) is 10.9. The van der Waals surface area contributed by atoms with E-state index in [9.17, 15) is 9.59 Å². The van der Waals surface area contributed by atoms with E-state index >= 15 is 0 Å². The lowest BCUT2D eigenvalue weighted by atomic mass is 10.1. The molecule has 7 nitrogen and oxygen atoms in total. The molecular weight excluding hydrogens is 454 g/mol. The molecule has 0 aliphatic carbocycles. The van der Waals surface area contributed by atoms with Gasteiger partial charge in [-0.15, -0.1) is 0 Å². The second-order valence-electron chi connectivity index (χ2n) is 7.10. The number of hydrogen-bond acceptors (Lipinski definition) is 7. The molecule has 0 radical (unpaired) electrons. The van der Waals surface area contributed by atoms with Crippen molar-refractivity contribution in [2.75, 3.05) is 56.6 Å². The van der Waals surface area contributed by atoms with Crippen molar-refractivity contribution in [3.8, 4) is 0 Å². The molecule has 33 heavy (non-hydrogen) atoms. The van der Waals surface area contributed by atoms with Crippen LogP contribution < -0.4 is 16.0 Å². The van der Waals surface area contributed by atoms with Gasteiger partial charge in [-0.1, -0.05) is 51.9 Å². The van der Waals surface area contributed by atoms with Crippen LogP contribution in [0.15, 0.2) is 59.3 Å². The molecule has 0 aromatic heterocycles. The summed E-state index contributed by atoms with van der Waals surface area (Å²) in [5.74, 6) is 1.61. The number of amides is 2. The molecule has 2 amide bonds. The average Bonchev–Trinajstić information content (AvgIpc) is 2.84. The minimum absolute atomic E-state index is 0.0195. The molecule has 1 aliphatic rings. The normalized spacial score (nSPS) is 13.4. The van der Waals surface area contributed by atoms with Crippen LogP contribution in [0.2, 0.25) is 0 Å². The third-order valence-corrected chi connectivity index (χ3v) is 6.98. The van der Waals surface area contributed by atoms with Gasteiger partial charge < -0.3 is 20.9 Å². The van der Waals surface area contributed by atoms with Crippen LogP contribution in [0.1, 0.15) is 12.5 Å². The van der Waals surface area contributed by atoms with Gasteiger partial charge in [0, 0.05) is 50.1 Å². The molecule has 1 aromatic carbocycles. The van der Waals surface area contributed by atoms with Crippen LogP contribution >= 0.6 is 21.6 Å². The van der Waals surface area contributed by atoms with Crippen molar-refractivity contribution < 1.29 is 9.59 Å². The fourth-order valence-electron chi connectivity index (χ4n) is 2.79. The van der Waals surface area contributed by atoms with E-state index in [2.05, 4.69) is 51.3 Å². The summed E-state index contributed by atoms with van der Waals surface area (Å²) >= 11 is 0. The van der Waals surface area contributed by atoms with Crippen molar-refractivity contribution in [1.82, 2.24) is 15.5 Å². The van der Waals surface area contributed by atoms with E-state index in [1.165, 1.54) is 0 Å². The van der Waals surface area contributed by atoms with E-state index in [0.717, 1.165) is 28.3 Å². The van der Waals surface area contributed by atoms with Crippen LogP contribution in [-0.4, -0.2) is 74.2 Å². The smallest absolute Gasteiger partial charge is 0.241 e. The summed E-state index contributed by atoms with van der Waals surface area (Å²) in [5, 5.41) is 8.88. The molecule has 9 heteroatoms. The van der Waals surface area contributed by atoms with Crippen molar-refractivity contribution in [2.45, 2.75) is 6.92 Å². The number of benzene rings is 1. The highest BCUT2D eigenvalue weighted by Crippen LogP contribution is 2.19. The summed E-state index contributed by atoms with van der Waals surface area (Å²) in [6.07, 6.45) is 11.9. The summed E-state index contributed by atoms with van der Waals surface area (Å²) < 4.78 is 0. The molecule has 0 saturated heterocycles. The highest BCUT2D eigenvalue weighted by molar-refractivity contribution is 8.76. The van der Waals surface area contributed by atoms with Crippen molar-refractivity contribution in [2.24, 2.45) is 4.99 Å². The van der Waals surface area contributed by atoms with E-state index in [-0.39, 0.29) is 18.4 Å². The van der Waals surface area contributed by atoms with Crippen LogP contribution in [-0.2, 0) is 9.59 Å². The van der Waals surface area contributed by atoms with Crippen LogP contribution in [0.5, 0.6) is 0 Å². The van der Waals surface area contributed by atoms with Gasteiger partial charge in [-0.05, 0) is 42.5 Å². The van der Waals surface area contributed by atoms with Crippen molar-refractivity contribution in [1.29, 1.82) is 0 Å². The maximum atomic E-state index is 12.2. The first-order valence-corrected chi connectivity index (χ1v) is 13.4. The van der Waals surface area contributed by atoms with E-state index in [1.54, 1.807) is 34.7 Å². The molecule has 1 aromatic rings. The van der Waals surface area contributed by atoms with Gasteiger partial charge in [-0.3, -0.25) is 14.6 Å². The molecule has 178 valence electrons. The molecular formula is C24H33N5O2S2. The third-order valence-electron chi connectivity index (χ3n) is 4.57. The summed E-state index contributed by atoms with van der Waals surface area (Å²) in [7, 11) is 5.28. The standard InChI is InChI=1S/C24H33N5O2S2/c1-3-26-18-23(30)27-12-16-32-33-17-13-28-24(31)19-29-14-10-21(11-15-29)5-4-20-6-8-22(25-2)9-7-20/h3-11,14,25H,12-13,15-19H2,1-2H3,(H,27,30)(H,28,31)/b5-4+,26-3?. The molecule has 3 N–H and O–H groups in total. The minimum atomic E-state index is -0.0600. The Morgan fingerprint density at radius 3 is 2.36 bits per heavy atom. The van der Waals surface area contributed by atoms with Gasteiger partial charge in [0.15, 0.2) is 0 Å². The number of hydrogen-bond donors (Lipinski definition) is 3. The molecule has 1 aliphatic heterocycles. The van der Waals surface area contributed by atoms with Gasteiger partial charge in [0.05, 0.1) is 6.54 Å². The largest absolute Gasteiger partial charge is 0.388 e. The van der Waals surface area contributed by atoms with Crippen molar-refractivity contribution >= 4 is 51.4 Å². The molecule has 0 unspecified atom stereocenters. The maximum absolute atomic E-state index is 12.2. The monoisotopic (exact) mass is 487 g/mol. The first kappa shape index (κ1) is 26.6. The third kappa shape index (κ3) is 11.7. The molecule has 0 atom stereocenters. The molecule has 0 saturated carbocycles. The van der Waals surface area contributed by atoms with E-state index in [1.807, 2.05) is 36.4 Å². The van der Waals surface area contributed by atoms with Crippen LogP contribution in [0, 0.1) is 0 Å². The lowest BCUT2D eigenvalue weighted by Crippen LogP contribution is -2.36. The Labute approximate surface area is 204 Å². The number of aliphatic imine (C=N–C) groups is 1. The van der Waals surface area contributed by atoms with Gasteiger partial charge in [0.1, 0.15) is 6.54 Å².